The molecular weight excluding hydrogens is 254 g/mol. The molecule has 0 rings (SSSR count). The average Bonchev–Trinajstić information content (AvgIpc) is 2.20. The molecule has 1 N–H and O–H groups in total. The molecule has 3 heteroatoms. The predicted molar refractivity (Wildman–Crippen MR) is 87.6 cm³/mol. The van der Waals surface area contributed by atoms with Crippen LogP contribution < -0.4 is 5.32 Å². The molecule has 0 saturated heterocycles. The van der Waals surface area contributed by atoms with Gasteiger partial charge < -0.3 is 5.32 Å². The van der Waals surface area contributed by atoms with Gasteiger partial charge in [-0.3, -0.25) is 4.79 Å². The third-order valence-corrected chi connectivity index (χ3v) is 4.12. The van der Waals surface area contributed by atoms with Crippen molar-refractivity contribution in [3.63, 3.8) is 0 Å². The molecule has 112 valence electrons. The minimum atomic E-state index is -0.0901. The monoisotopic (exact) mass is 285 g/mol. The summed E-state index contributed by atoms with van der Waals surface area (Å²) in [6, 6.07) is -0.0901. The molecule has 0 aromatic heterocycles. The van der Waals surface area contributed by atoms with Gasteiger partial charge in [-0.1, -0.05) is 48.1 Å². The molecule has 0 aromatic rings. The second-order valence-corrected chi connectivity index (χ2v) is 8.62. The van der Waals surface area contributed by atoms with Crippen molar-refractivity contribution < 1.29 is 4.79 Å². The van der Waals surface area contributed by atoms with Crippen molar-refractivity contribution in [3.05, 3.63) is 12.8 Å². The Kier molecular flexibility index (Phi) is 7.80. The van der Waals surface area contributed by atoms with Crippen molar-refractivity contribution in [1.82, 2.24) is 5.32 Å². The van der Waals surface area contributed by atoms with Gasteiger partial charge in [0.15, 0.2) is 5.78 Å². The highest BCUT2D eigenvalue weighted by Crippen LogP contribution is 2.23. The molecule has 0 fully saturated rings. The van der Waals surface area contributed by atoms with Gasteiger partial charge in [-0.25, -0.2) is 0 Å². The Bertz CT molecular complexity index is 286. The minimum Gasteiger partial charge on any atom is -0.382 e. The first kappa shape index (κ1) is 18.6. The zero-order chi connectivity index (χ0) is 15.1. The van der Waals surface area contributed by atoms with E-state index in [-0.39, 0.29) is 11.5 Å². The summed E-state index contributed by atoms with van der Waals surface area (Å²) in [6.45, 7) is 16.8. The van der Waals surface area contributed by atoms with E-state index in [4.69, 9.17) is 0 Å². The quantitative estimate of drug-likeness (QED) is 0.676. The molecule has 0 amide bonds. The Labute approximate surface area is 123 Å². The maximum Gasteiger partial charge on any atom is 0.155 e. The molecule has 0 spiro atoms. The molecular formula is C16H31NOS. The van der Waals surface area contributed by atoms with Gasteiger partial charge in [-0.15, -0.1) is 0 Å². The highest BCUT2D eigenvalue weighted by atomic mass is 32.2. The van der Waals surface area contributed by atoms with Crippen LogP contribution in [0, 0.1) is 10.8 Å². The van der Waals surface area contributed by atoms with Gasteiger partial charge in [0.2, 0.25) is 0 Å². The fraction of sp³-hybridized carbons (Fsp3) is 0.812. The number of Topliss-reactive ketones (excluding diaryl/α,β-unsaturated/α-hetero) is 1. The molecule has 0 aliphatic rings. The van der Waals surface area contributed by atoms with Gasteiger partial charge in [-0.05, 0) is 29.2 Å². The molecule has 0 aliphatic heterocycles. The van der Waals surface area contributed by atoms with Crippen molar-refractivity contribution in [2.24, 2.45) is 10.8 Å². The van der Waals surface area contributed by atoms with Gasteiger partial charge in [0.25, 0.3) is 0 Å². The number of thioether (sulfide) groups is 1. The number of rotatable bonds is 8. The number of hydrogen-bond acceptors (Lipinski definition) is 3. The van der Waals surface area contributed by atoms with E-state index >= 15 is 0 Å². The molecule has 0 aliphatic carbocycles. The highest BCUT2D eigenvalue weighted by Gasteiger charge is 2.23. The van der Waals surface area contributed by atoms with Crippen LogP contribution in [0.3, 0.4) is 0 Å². The third kappa shape index (κ3) is 11.1. The lowest BCUT2D eigenvalue weighted by Gasteiger charge is -2.25. The van der Waals surface area contributed by atoms with Crippen LogP contribution in [0.15, 0.2) is 12.8 Å². The maximum absolute atomic E-state index is 12.2. The van der Waals surface area contributed by atoms with E-state index in [0.717, 1.165) is 17.9 Å². The van der Waals surface area contributed by atoms with Crippen LogP contribution in [0.2, 0.25) is 0 Å². The van der Waals surface area contributed by atoms with Crippen LogP contribution in [-0.4, -0.2) is 23.3 Å². The van der Waals surface area contributed by atoms with E-state index in [1.165, 1.54) is 0 Å². The fourth-order valence-electron chi connectivity index (χ4n) is 1.75. The maximum atomic E-state index is 12.2. The summed E-state index contributed by atoms with van der Waals surface area (Å²) in [5.41, 5.74) is 0.479. The van der Waals surface area contributed by atoms with Crippen LogP contribution in [0.25, 0.3) is 0 Å². The Morgan fingerprint density at radius 3 is 2.21 bits per heavy atom. The van der Waals surface area contributed by atoms with Gasteiger partial charge in [-0.2, -0.15) is 11.8 Å². The second kappa shape index (κ2) is 7.98. The molecule has 0 aromatic carbocycles. The van der Waals surface area contributed by atoms with E-state index in [2.05, 4.69) is 53.4 Å². The number of hydrogen-bond donors (Lipinski definition) is 1. The van der Waals surface area contributed by atoms with Crippen molar-refractivity contribution in [2.45, 2.75) is 60.4 Å². The van der Waals surface area contributed by atoms with Gasteiger partial charge in [0, 0.05) is 12.2 Å². The highest BCUT2D eigenvalue weighted by molar-refractivity contribution is 7.99. The van der Waals surface area contributed by atoms with Crippen molar-refractivity contribution in [1.29, 1.82) is 0 Å². The lowest BCUT2D eigenvalue weighted by molar-refractivity contribution is -0.121. The van der Waals surface area contributed by atoms with E-state index in [9.17, 15) is 4.79 Å². The summed E-state index contributed by atoms with van der Waals surface area (Å²) < 4.78 is 0. The van der Waals surface area contributed by atoms with E-state index in [0.29, 0.717) is 17.6 Å². The fourth-order valence-corrected chi connectivity index (χ4v) is 2.85. The molecule has 2 nitrogen and oxygen atoms in total. The molecule has 1 unspecified atom stereocenters. The first-order valence-corrected chi connectivity index (χ1v) is 8.18. The first-order valence-electron chi connectivity index (χ1n) is 7.02. The van der Waals surface area contributed by atoms with Gasteiger partial charge in [0.05, 0.1) is 6.04 Å². The Hall–Kier alpha value is -0.440. The summed E-state index contributed by atoms with van der Waals surface area (Å²) in [7, 11) is 0. The second-order valence-electron chi connectivity index (χ2n) is 7.52. The molecule has 19 heavy (non-hydrogen) atoms. The van der Waals surface area contributed by atoms with Crippen LogP contribution >= 0.6 is 11.8 Å². The lowest BCUT2D eigenvalue weighted by Crippen LogP contribution is -2.37. The van der Waals surface area contributed by atoms with Crippen molar-refractivity contribution in [2.75, 3.05) is 11.5 Å². The van der Waals surface area contributed by atoms with Crippen LogP contribution in [0.5, 0.6) is 0 Å². The smallest absolute Gasteiger partial charge is 0.155 e. The molecule has 0 bridgehead atoms. The summed E-state index contributed by atoms with van der Waals surface area (Å²) >= 11 is 1.87. The van der Waals surface area contributed by atoms with Crippen LogP contribution in [0.4, 0.5) is 0 Å². The zero-order valence-corrected chi connectivity index (χ0v) is 14.3. The first-order chi connectivity index (χ1) is 8.55. The number of carbonyl (C=O) groups is 1. The van der Waals surface area contributed by atoms with Crippen molar-refractivity contribution >= 4 is 17.5 Å². The van der Waals surface area contributed by atoms with Crippen molar-refractivity contribution in [3.8, 4) is 0 Å². The van der Waals surface area contributed by atoms with Crippen LogP contribution in [-0.2, 0) is 4.79 Å². The molecule has 1 atom stereocenters. The summed E-state index contributed by atoms with van der Waals surface area (Å²) in [5.74, 6) is 2.31. The lowest BCUT2D eigenvalue weighted by atomic mass is 9.86. The average molecular weight is 285 g/mol. The summed E-state index contributed by atoms with van der Waals surface area (Å²) in [4.78, 5) is 12.2. The number of ketones is 1. The van der Waals surface area contributed by atoms with E-state index < -0.39 is 0 Å². The third-order valence-electron chi connectivity index (χ3n) is 2.55. The zero-order valence-electron chi connectivity index (χ0n) is 13.5. The van der Waals surface area contributed by atoms with E-state index in [1.54, 1.807) is 6.20 Å². The summed E-state index contributed by atoms with van der Waals surface area (Å²) in [6.07, 6.45) is 3.13. The van der Waals surface area contributed by atoms with E-state index in [1.807, 2.05) is 11.8 Å². The normalized spacial score (nSPS) is 14.0. The molecule has 0 radical (unpaired) electrons. The predicted octanol–water partition coefficient (Wildman–Crippen LogP) is 4.26. The van der Waals surface area contributed by atoms with Gasteiger partial charge in [0.1, 0.15) is 0 Å². The number of nitrogens with one attached hydrogen (secondary N) is 1. The topological polar surface area (TPSA) is 29.1 Å². The Balaban J connectivity index is 4.15. The minimum absolute atomic E-state index is 0.0901. The largest absolute Gasteiger partial charge is 0.382 e. The molecule has 0 heterocycles. The standard InChI is InChI=1S/C16H31NOS/c1-8-17-13(11-15(2,3)4)14(18)9-10-19-12-16(5,6)7/h8,13,17H,1,9-12H2,2-7H3. The molecule has 0 saturated carbocycles. The summed E-state index contributed by atoms with van der Waals surface area (Å²) in [5, 5.41) is 3.10. The van der Waals surface area contributed by atoms with Gasteiger partial charge >= 0.3 is 0 Å². The number of carbonyl (C=O) groups excluding carboxylic acids is 1. The van der Waals surface area contributed by atoms with Crippen LogP contribution in [0.1, 0.15) is 54.4 Å². The Morgan fingerprint density at radius 1 is 1.21 bits per heavy atom. The Morgan fingerprint density at radius 2 is 1.79 bits per heavy atom. The SMILES string of the molecule is C=CNC(CC(C)(C)C)C(=O)CCSCC(C)(C)C.